The maximum Gasteiger partial charge on any atom is 0.239 e. The summed E-state index contributed by atoms with van der Waals surface area (Å²) in [4.78, 5) is 16.1. The molecule has 4 heteroatoms. The van der Waals surface area contributed by atoms with E-state index in [1.54, 1.807) is 6.92 Å². The summed E-state index contributed by atoms with van der Waals surface area (Å²) in [6.07, 6.45) is 2.07. The van der Waals surface area contributed by atoms with Crippen molar-refractivity contribution in [1.29, 1.82) is 0 Å². The largest absolute Gasteiger partial charge is 0.378 e. The molecule has 19 heavy (non-hydrogen) atoms. The van der Waals surface area contributed by atoms with Crippen LogP contribution in [-0.4, -0.2) is 37.5 Å². The Morgan fingerprint density at radius 3 is 2.84 bits per heavy atom. The van der Waals surface area contributed by atoms with Crippen LogP contribution in [0.2, 0.25) is 0 Å². The lowest BCUT2D eigenvalue weighted by molar-refractivity contribution is -0.133. The summed E-state index contributed by atoms with van der Waals surface area (Å²) in [5.74, 6) is 0.0535. The first-order chi connectivity index (χ1) is 9.00. The number of likely N-dealkylation sites (tertiary alicyclic amines) is 1. The molecular formula is C15H23N3O. The van der Waals surface area contributed by atoms with E-state index in [4.69, 9.17) is 5.73 Å². The molecule has 0 aliphatic carbocycles. The zero-order valence-corrected chi connectivity index (χ0v) is 12.0. The molecule has 1 aliphatic heterocycles. The molecule has 1 aromatic rings. The third kappa shape index (κ3) is 2.89. The van der Waals surface area contributed by atoms with Gasteiger partial charge in [0.2, 0.25) is 5.91 Å². The minimum atomic E-state index is -0.419. The number of amides is 1. The molecule has 4 nitrogen and oxygen atoms in total. The monoisotopic (exact) mass is 261 g/mol. The van der Waals surface area contributed by atoms with Crippen LogP contribution in [0.15, 0.2) is 24.3 Å². The second-order valence-electron chi connectivity index (χ2n) is 5.47. The summed E-state index contributed by atoms with van der Waals surface area (Å²) in [5, 5.41) is 0. The van der Waals surface area contributed by atoms with Crippen molar-refractivity contribution in [2.24, 2.45) is 5.73 Å². The Bertz CT molecular complexity index is 456. The first-order valence-electron chi connectivity index (χ1n) is 6.84. The first-order valence-corrected chi connectivity index (χ1v) is 6.84. The van der Waals surface area contributed by atoms with E-state index in [0.717, 1.165) is 25.1 Å². The molecule has 1 heterocycles. The molecule has 1 aromatic carbocycles. The molecule has 0 bridgehead atoms. The maximum atomic E-state index is 12.1. The van der Waals surface area contributed by atoms with E-state index < -0.39 is 6.04 Å². The summed E-state index contributed by atoms with van der Waals surface area (Å²) < 4.78 is 0. The second-order valence-corrected chi connectivity index (χ2v) is 5.47. The highest BCUT2D eigenvalue weighted by Crippen LogP contribution is 2.33. The summed E-state index contributed by atoms with van der Waals surface area (Å²) in [7, 11) is 4.05. The number of anilines is 1. The fourth-order valence-corrected chi connectivity index (χ4v) is 2.65. The molecule has 2 atom stereocenters. The minimum Gasteiger partial charge on any atom is -0.378 e. The summed E-state index contributed by atoms with van der Waals surface area (Å²) in [6, 6.07) is 8.16. The van der Waals surface area contributed by atoms with Crippen molar-refractivity contribution >= 4 is 11.6 Å². The molecule has 0 saturated carbocycles. The molecule has 1 fully saturated rings. The molecule has 2 rings (SSSR count). The third-order valence-corrected chi connectivity index (χ3v) is 3.70. The minimum absolute atomic E-state index is 0.0535. The number of hydrogen-bond donors (Lipinski definition) is 1. The van der Waals surface area contributed by atoms with E-state index in [9.17, 15) is 4.79 Å². The summed E-state index contributed by atoms with van der Waals surface area (Å²) in [5.41, 5.74) is 8.11. The van der Waals surface area contributed by atoms with Gasteiger partial charge in [-0.15, -0.1) is 0 Å². The third-order valence-electron chi connectivity index (χ3n) is 3.70. The van der Waals surface area contributed by atoms with Gasteiger partial charge in [-0.2, -0.15) is 0 Å². The van der Waals surface area contributed by atoms with Crippen LogP contribution in [0.5, 0.6) is 0 Å². The van der Waals surface area contributed by atoms with E-state index in [0.29, 0.717) is 0 Å². The molecule has 1 aliphatic rings. The van der Waals surface area contributed by atoms with Gasteiger partial charge in [0, 0.05) is 26.3 Å². The predicted octanol–water partition coefficient (Wildman–Crippen LogP) is 1.76. The van der Waals surface area contributed by atoms with Crippen molar-refractivity contribution in [3.63, 3.8) is 0 Å². The van der Waals surface area contributed by atoms with Crippen molar-refractivity contribution in [2.45, 2.75) is 31.8 Å². The number of hydrogen-bond acceptors (Lipinski definition) is 3. The van der Waals surface area contributed by atoms with E-state index in [-0.39, 0.29) is 11.9 Å². The van der Waals surface area contributed by atoms with Gasteiger partial charge in [-0.1, -0.05) is 12.1 Å². The number of carbonyl (C=O) groups is 1. The molecule has 1 saturated heterocycles. The highest BCUT2D eigenvalue weighted by atomic mass is 16.2. The quantitative estimate of drug-likeness (QED) is 0.902. The number of rotatable bonds is 3. The van der Waals surface area contributed by atoms with Crippen molar-refractivity contribution in [3.8, 4) is 0 Å². The van der Waals surface area contributed by atoms with Gasteiger partial charge in [0.15, 0.2) is 0 Å². The van der Waals surface area contributed by atoms with Gasteiger partial charge in [-0.05, 0) is 37.5 Å². The molecule has 2 N–H and O–H groups in total. The van der Waals surface area contributed by atoms with Gasteiger partial charge < -0.3 is 15.5 Å². The Morgan fingerprint density at radius 1 is 1.47 bits per heavy atom. The molecule has 0 aromatic heterocycles. The van der Waals surface area contributed by atoms with Crippen molar-refractivity contribution in [1.82, 2.24) is 4.90 Å². The highest BCUT2D eigenvalue weighted by molar-refractivity contribution is 5.82. The second kappa shape index (κ2) is 5.61. The van der Waals surface area contributed by atoms with Crippen LogP contribution >= 0.6 is 0 Å². The Kier molecular flexibility index (Phi) is 4.10. The number of nitrogens with two attached hydrogens (primary N) is 1. The molecule has 0 radical (unpaired) electrons. The van der Waals surface area contributed by atoms with E-state index in [1.807, 2.05) is 19.0 Å². The lowest BCUT2D eigenvalue weighted by Crippen LogP contribution is -2.41. The van der Waals surface area contributed by atoms with Crippen LogP contribution in [0.4, 0.5) is 5.69 Å². The fraction of sp³-hybridized carbons (Fsp3) is 0.533. The van der Waals surface area contributed by atoms with E-state index >= 15 is 0 Å². The van der Waals surface area contributed by atoms with Crippen molar-refractivity contribution in [2.75, 3.05) is 25.5 Å². The van der Waals surface area contributed by atoms with E-state index in [1.165, 1.54) is 5.56 Å². The molecule has 1 unspecified atom stereocenters. The Balaban J connectivity index is 2.25. The SMILES string of the molecule is C[C@@H](N)C(=O)N1CCCC1c1cccc(N(C)C)c1. The Morgan fingerprint density at radius 2 is 2.21 bits per heavy atom. The fourth-order valence-electron chi connectivity index (χ4n) is 2.65. The number of carbonyl (C=O) groups excluding carboxylic acids is 1. The first kappa shape index (κ1) is 13.9. The van der Waals surface area contributed by atoms with Gasteiger partial charge >= 0.3 is 0 Å². The normalized spacial score (nSPS) is 20.4. The lowest BCUT2D eigenvalue weighted by Gasteiger charge is -2.27. The van der Waals surface area contributed by atoms with Crippen LogP contribution < -0.4 is 10.6 Å². The maximum absolute atomic E-state index is 12.1. The molecule has 0 spiro atoms. The van der Waals surface area contributed by atoms with Gasteiger partial charge in [0.1, 0.15) is 0 Å². The van der Waals surface area contributed by atoms with Crippen LogP contribution in [0, 0.1) is 0 Å². The molecule has 104 valence electrons. The van der Waals surface area contributed by atoms with Crippen LogP contribution in [0.25, 0.3) is 0 Å². The number of nitrogens with zero attached hydrogens (tertiary/aromatic N) is 2. The number of benzene rings is 1. The standard InChI is InChI=1S/C15H23N3O/c1-11(16)15(19)18-9-5-8-14(18)12-6-4-7-13(10-12)17(2)3/h4,6-7,10-11,14H,5,8-9,16H2,1-3H3/t11-,14?/m1/s1. The summed E-state index contributed by atoms with van der Waals surface area (Å²) in [6.45, 7) is 2.57. The van der Waals surface area contributed by atoms with Gasteiger partial charge in [-0.3, -0.25) is 4.79 Å². The van der Waals surface area contributed by atoms with Crippen LogP contribution in [0.3, 0.4) is 0 Å². The van der Waals surface area contributed by atoms with Gasteiger partial charge in [-0.25, -0.2) is 0 Å². The van der Waals surface area contributed by atoms with Crippen molar-refractivity contribution < 1.29 is 4.79 Å². The molecule has 1 amide bonds. The predicted molar refractivity (Wildman–Crippen MR) is 78.1 cm³/mol. The van der Waals surface area contributed by atoms with Crippen LogP contribution in [-0.2, 0) is 4.79 Å². The topological polar surface area (TPSA) is 49.6 Å². The zero-order chi connectivity index (χ0) is 14.0. The van der Waals surface area contributed by atoms with E-state index in [2.05, 4.69) is 29.2 Å². The zero-order valence-electron chi connectivity index (χ0n) is 12.0. The average molecular weight is 261 g/mol. The van der Waals surface area contributed by atoms with Gasteiger partial charge in [0.25, 0.3) is 0 Å². The lowest BCUT2D eigenvalue weighted by atomic mass is 10.0. The molecular weight excluding hydrogens is 238 g/mol. The van der Waals surface area contributed by atoms with Crippen molar-refractivity contribution in [3.05, 3.63) is 29.8 Å². The highest BCUT2D eigenvalue weighted by Gasteiger charge is 2.31. The Hall–Kier alpha value is -1.55. The Labute approximate surface area is 115 Å². The van der Waals surface area contributed by atoms with Crippen LogP contribution in [0.1, 0.15) is 31.4 Å². The summed E-state index contributed by atoms with van der Waals surface area (Å²) >= 11 is 0. The van der Waals surface area contributed by atoms with Gasteiger partial charge in [0.05, 0.1) is 12.1 Å². The average Bonchev–Trinajstić information content (AvgIpc) is 2.86. The smallest absolute Gasteiger partial charge is 0.239 e.